The molecule has 0 aromatic carbocycles. The second-order valence-electron chi connectivity index (χ2n) is 4.57. The maximum atomic E-state index is 12.1. The van der Waals surface area contributed by atoms with Crippen molar-refractivity contribution in [2.45, 2.75) is 37.8 Å². The van der Waals surface area contributed by atoms with Gasteiger partial charge in [-0.3, -0.25) is 9.59 Å². The molecule has 2 aliphatic rings. The van der Waals surface area contributed by atoms with Crippen molar-refractivity contribution >= 4 is 24.2 Å². The molecule has 0 aromatic heterocycles. The Kier molecular flexibility index (Phi) is 5.21. The summed E-state index contributed by atoms with van der Waals surface area (Å²) in [5, 5.41) is 5.94. The fourth-order valence-electron chi connectivity index (χ4n) is 2.43. The van der Waals surface area contributed by atoms with Crippen LogP contribution >= 0.6 is 12.4 Å². The summed E-state index contributed by atoms with van der Waals surface area (Å²) < 4.78 is 0. The van der Waals surface area contributed by atoms with Gasteiger partial charge in [-0.15, -0.1) is 12.4 Å². The zero-order chi connectivity index (χ0) is 11.5. The number of likely N-dealkylation sites (tertiary alicyclic amines) is 1. The van der Waals surface area contributed by atoms with Crippen LogP contribution in [0.1, 0.15) is 25.7 Å². The zero-order valence-corrected chi connectivity index (χ0v) is 10.9. The van der Waals surface area contributed by atoms with Gasteiger partial charge in [0, 0.05) is 25.6 Å². The molecule has 2 fully saturated rings. The van der Waals surface area contributed by atoms with Gasteiger partial charge in [-0.05, 0) is 26.3 Å². The average Bonchev–Trinajstić information content (AvgIpc) is 2.75. The molecule has 1 unspecified atom stereocenters. The second kappa shape index (κ2) is 6.21. The van der Waals surface area contributed by atoms with Gasteiger partial charge in [-0.1, -0.05) is 0 Å². The molecule has 2 heterocycles. The van der Waals surface area contributed by atoms with Gasteiger partial charge in [-0.25, -0.2) is 0 Å². The molecule has 2 amide bonds. The van der Waals surface area contributed by atoms with Crippen molar-refractivity contribution in [2.75, 3.05) is 20.1 Å². The number of carbonyl (C=O) groups is 2. The summed E-state index contributed by atoms with van der Waals surface area (Å²) in [5.74, 6) is 0.0892. The fourth-order valence-corrected chi connectivity index (χ4v) is 2.43. The van der Waals surface area contributed by atoms with Crippen molar-refractivity contribution < 1.29 is 9.59 Å². The normalized spacial score (nSPS) is 28.5. The minimum Gasteiger partial charge on any atom is -0.344 e. The van der Waals surface area contributed by atoms with E-state index in [1.807, 2.05) is 11.9 Å². The van der Waals surface area contributed by atoms with Crippen molar-refractivity contribution in [3.05, 3.63) is 0 Å². The zero-order valence-electron chi connectivity index (χ0n) is 10.1. The van der Waals surface area contributed by atoms with E-state index in [9.17, 15) is 9.59 Å². The Balaban J connectivity index is 0.00000144. The first-order chi connectivity index (χ1) is 7.70. The van der Waals surface area contributed by atoms with E-state index in [4.69, 9.17) is 0 Å². The summed E-state index contributed by atoms with van der Waals surface area (Å²) >= 11 is 0. The maximum Gasteiger partial charge on any atom is 0.245 e. The molecule has 2 aliphatic heterocycles. The van der Waals surface area contributed by atoms with Crippen LogP contribution < -0.4 is 10.6 Å². The number of rotatable bonds is 2. The Morgan fingerprint density at radius 2 is 2.24 bits per heavy atom. The Bertz CT molecular complexity index is 298. The third kappa shape index (κ3) is 3.33. The molecular formula is C11H20ClN3O2. The van der Waals surface area contributed by atoms with Crippen LogP contribution in [0.3, 0.4) is 0 Å². The van der Waals surface area contributed by atoms with Gasteiger partial charge in [-0.2, -0.15) is 0 Å². The number of nitrogens with one attached hydrogen (secondary N) is 2. The predicted octanol–water partition coefficient (Wildman–Crippen LogP) is -0.103. The molecule has 0 saturated carbocycles. The fraction of sp³-hybridized carbons (Fsp3) is 0.818. The first-order valence-corrected chi connectivity index (χ1v) is 5.96. The van der Waals surface area contributed by atoms with Gasteiger partial charge in [0.25, 0.3) is 0 Å². The number of carbonyl (C=O) groups excluding carboxylic acids is 2. The molecule has 0 bridgehead atoms. The molecule has 2 saturated heterocycles. The summed E-state index contributed by atoms with van der Waals surface area (Å²) in [5.41, 5.74) is 0. The molecular weight excluding hydrogens is 242 g/mol. The lowest BCUT2D eigenvalue weighted by atomic mass is 10.0. The predicted molar refractivity (Wildman–Crippen MR) is 67.1 cm³/mol. The summed E-state index contributed by atoms with van der Waals surface area (Å²) in [6.45, 7) is 1.59. The molecule has 2 atom stereocenters. The minimum atomic E-state index is -0.275. The molecule has 0 aromatic rings. The smallest absolute Gasteiger partial charge is 0.245 e. The van der Waals surface area contributed by atoms with E-state index in [1.165, 1.54) is 0 Å². The number of halogens is 1. The highest BCUT2D eigenvalue weighted by atomic mass is 35.5. The molecule has 0 spiro atoms. The van der Waals surface area contributed by atoms with E-state index in [0.717, 1.165) is 25.9 Å². The number of amides is 2. The van der Waals surface area contributed by atoms with Crippen molar-refractivity contribution in [3.8, 4) is 0 Å². The van der Waals surface area contributed by atoms with E-state index in [2.05, 4.69) is 10.6 Å². The van der Waals surface area contributed by atoms with Crippen LogP contribution in [0.5, 0.6) is 0 Å². The molecule has 6 heteroatoms. The van der Waals surface area contributed by atoms with Crippen LogP contribution in [0.25, 0.3) is 0 Å². The van der Waals surface area contributed by atoms with E-state index < -0.39 is 0 Å². The SMILES string of the molecule is CNC1CCCN(C(=O)[C@@H]2CCC(=O)N2)C1.Cl. The van der Waals surface area contributed by atoms with E-state index in [0.29, 0.717) is 18.9 Å². The maximum absolute atomic E-state index is 12.1. The minimum absolute atomic E-state index is 0. The monoisotopic (exact) mass is 261 g/mol. The van der Waals surface area contributed by atoms with Gasteiger partial charge in [0.1, 0.15) is 6.04 Å². The second-order valence-corrected chi connectivity index (χ2v) is 4.57. The Morgan fingerprint density at radius 1 is 1.47 bits per heavy atom. The number of likely N-dealkylation sites (N-methyl/N-ethyl adjacent to an activating group) is 1. The first kappa shape index (κ1) is 14.3. The van der Waals surface area contributed by atoms with Crippen molar-refractivity contribution in [1.29, 1.82) is 0 Å². The van der Waals surface area contributed by atoms with E-state index in [1.54, 1.807) is 0 Å². The Labute approximate surface area is 108 Å². The van der Waals surface area contributed by atoms with Gasteiger partial charge >= 0.3 is 0 Å². The lowest BCUT2D eigenvalue weighted by molar-refractivity contribution is -0.135. The molecule has 0 radical (unpaired) electrons. The van der Waals surface area contributed by atoms with Crippen molar-refractivity contribution in [2.24, 2.45) is 0 Å². The summed E-state index contributed by atoms with van der Waals surface area (Å²) in [4.78, 5) is 25.0. The average molecular weight is 262 g/mol. The quantitative estimate of drug-likeness (QED) is 0.730. The van der Waals surface area contributed by atoms with Crippen molar-refractivity contribution in [1.82, 2.24) is 15.5 Å². The number of piperidine rings is 1. The van der Waals surface area contributed by atoms with Gasteiger partial charge in [0.15, 0.2) is 0 Å². The Hall–Kier alpha value is -0.810. The van der Waals surface area contributed by atoms with Crippen LogP contribution in [0, 0.1) is 0 Å². The molecule has 17 heavy (non-hydrogen) atoms. The van der Waals surface area contributed by atoms with Crippen LogP contribution in [0.15, 0.2) is 0 Å². The third-order valence-electron chi connectivity index (χ3n) is 3.43. The van der Waals surface area contributed by atoms with Crippen LogP contribution in [0.2, 0.25) is 0 Å². The molecule has 2 N–H and O–H groups in total. The van der Waals surface area contributed by atoms with E-state index in [-0.39, 0.29) is 30.3 Å². The molecule has 2 rings (SSSR count). The standard InChI is InChI=1S/C11H19N3O2.ClH/c1-12-8-3-2-6-14(7-8)11(16)9-4-5-10(15)13-9;/h8-9,12H,2-7H2,1H3,(H,13,15);1H/t8?,9-;/m0./s1. The van der Waals surface area contributed by atoms with Gasteiger partial charge < -0.3 is 15.5 Å². The summed E-state index contributed by atoms with van der Waals surface area (Å²) in [6.07, 6.45) is 3.30. The molecule has 98 valence electrons. The number of hydrogen-bond acceptors (Lipinski definition) is 3. The third-order valence-corrected chi connectivity index (χ3v) is 3.43. The molecule has 0 aliphatic carbocycles. The highest BCUT2D eigenvalue weighted by Gasteiger charge is 2.32. The van der Waals surface area contributed by atoms with Gasteiger partial charge in [0.2, 0.25) is 11.8 Å². The van der Waals surface area contributed by atoms with Crippen LogP contribution in [-0.4, -0.2) is 48.9 Å². The highest BCUT2D eigenvalue weighted by molar-refractivity contribution is 5.90. The van der Waals surface area contributed by atoms with Crippen molar-refractivity contribution in [3.63, 3.8) is 0 Å². The topological polar surface area (TPSA) is 61.4 Å². The lowest BCUT2D eigenvalue weighted by Crippen LogP contribution is -2.52. The van der Waals surface area contributed by atoms with Crippen LogP contribution in [-0.2, 0) is 9.59 Å². The number of nitrogens with zero attached hydrogens (tertiary/aromatic N) is 1. The molecule has 5 nitrogen and oxygen atoms in total. The van der Waals surface area contributed by atoms with E-state index >= 15 is 0 Å². The summed E-state index contributed by atoms with van der Waals surface area (Å²) in [6, 6.07) is 0.123. The Morgan fingerprint density at radius 3 is 2.82 bits per heavy atom. The lowest BCUT2D eigenvalue weighted by Gasteiger charge is -2.34. The summed E-state index contributed by atoms with van der Waals surface area (Å²) in [7, 11) is 1.93. The highest BCUT2D eigenvalue weighted by Crippen LogP contribution is 2.15. The van der Waals surface area contributed by atoms with Gasteiger partial charge in [0.05, 0.1) is 0 Å². The first-order valence-electron chi connectivity index (χ1n) is 5.96. The number of hydrogen-bond donors (Lipinski definition) is 2. The van der Waals surface area contributed by atoms with Crippen LogP contribution in [0.4, 0.5) is 0 Å². The largest absolute Gasteiger partial charge is 0.344 e.